The van der Waals surface area contributed by atoms with Crippen LogP contribution in [0.25, 0.3) is 5.69 Å². The number of carbonyl (C=O) groups excluding carboxylic acids is 1. The van der Waals surface area contributed by atoms with Gasteiger partial charge in [0.15, 0.2) is 0 Å². The van der Waals surface area contributed by atoms with Gasteiger partial charge in [-0.15, -0.1) is 5.10 Å². The van der Waals surface area contributed by atoms with Gasteiger partial charge < -0.3 is 10.1 Å². The second-order valence-corrected chi connectivity index (χ2v) is 7.91. The summed E-state index contributed by atoms with van der Waals surface area (Å²) in [6.45, 7) is 2.68. The minimum absolute atomic E-state index is 0.115. The summed E-state index contributed by atoms with van der Waals surface area (Å²) in [6, 6.07) is 25.5. The predicted octanol–water partition coefficient (Wildman–Crippen LogP) is 4.48. The maximum atomic E-state index is 13.3. The number of hydrogen-bond acceptors (Lipinski definition) is 4. The fraction of sp³-hybridized carbons (Fsp3) is 0.148. The van der Waals surface area contributed by atoms with Crippen LogP contribution < -0.4 is 15.6 Å². The second-order valence-electron chi connectivity index (χ2n) is 7.91. The summed E-state index contributed by atoms with van der Waals surface area (Å²) in [5.74, 6) is -0.137. The van der Waals surface area contributed by atoms with Crippen LogP contribution >= 0.6 is 0 Å². The highest BCUT2D eigenvalue weighted by Crippen LogP contribution is 2.15. The van der Waals surface area contributed by atoms with Crippen LogP contribution in [0.3, 0.4) is 0 Å². The molecule has 1 N–H and O–H groups in total. The van der Waals surface area contributed by atoms with Crippen LogP contribution in [0, 0.1) is 5.82 Å². The average molecular weight is 458 g/mol. The third-order valence-electron chi connectivity index (χ3n) is 5.36. The number of ether oxygens (including phenoxy) is 1. The molecule has 3 aromatic carbocycles. The largest absolute Gasteiger partial charge is 0.472 e. The Kier molecular flexibility index (Phi) is 7.13. The molecule has 0 saturated heterocycles. The summed E-state index contributed by atoms with van der Waals surface area (Å²) in [5, 5.41) is 7.18. The van der Waals surface area contributed by atoms with Crippen molar-refractivity contribution in [2.24, 2.45) is 0 Å². The van der Waals surface area contributed by atoms with Gasteiger partial charge in [0.05, 0.1) is 5.69 Å². The van der Waals surface area contributed by atoms with Crippen LogP contribution in [0.15, 0.2) is 95.8 Å². The van der Waals surface area contributed by atoms with Crippen molar-refractivity contribution in [1.29, 1.82) is 0 Å². The van der Waals surface area contributed by atoms with Crippen LogP contribution in [0.2, 0.25) is 0 Å². The molecule has 7 heteroatoms. The minimum atomic E-state index is -0.349. The number of nitrogens with zero attached hydrogens (tertiary/aromatic N) is 2. The molecule has 0 unspecified atom stereocenters. The predicted molar refractivity (Wildman–Crippen MR) is 128 cm³/mol. The first-order chi connectivity index (χ1) is 16.5. The molecule has 0 fully saturated rings. The van der Waals surface area contributed by atoms with E-state index in [1.54, 1.807) is 36.4 Å². The zero-order chi connectivity index (χ0) is 23.9. The highest BCUT2D eigenvalue weighted by molar-refractivity contribution is 5.94. The summed E-state index contributed by atoms with van der Waals surface area (Å²) in [4.78, 5) is 24.9. The molecule has 0 spiro atoms. The number of amides is 1. The molecule has 0 aliphatic carbocycles. The van der Waals surface area contributed by atoms with Gasteiger partial charge in [-0.25, -0.2) is 4.39 Å². The fourth-order valence-electron chi connectivity index (χ4n) is 3.44. The lowest BCUT2D eigenvalue weighted by molar-refractivity contribution is 0.0951. The summed E-state index contributed by atoms with van der Waals surface area (Å²) >= 11 is 0. The van der Waals surface area contributed by atoms with Gasteiger partial charge in [-0.05, 0) is 53.4 Å². The van der Waals surface area contributed by atoms with Gasteiger partial charge in [0.2, 0.25) is 5.88 Å². The number of hydrogen-bond donors (Lipinski definition) is 1. The minimum Gasteiger partial charge on any atom is -0.472 e. The van der Waals surface area contributed by atoms with Crippen LogP contribution in [-0.4, -0.2) is 22.2 Å². The first kappa shape index (κ1) is 22.9. The molecule has 0 bridgehead atoms. The molecule has 1 heterocycles. The number of benzene rings is 3. The molecule has 4 aromatic rings. The van der Waals surface area contributed by atoms with E-state index in [-0.39, 0.29) is 35.7 Å². The van der Waals surface area contributed by atoms with Crippen LogP contribution in [0.1, 0.15) is 34.3 Å². The maximum absolute atomic E-state index is 13.3. The van der Waals surface area contributed by atoms with E-state index in [1.165, 1.54) is 28.9 Å². The van der Waals surface area contributed by atoms with Crippen molar-refractivity contribution in [3.8, 4) is 11.6 Å². The highest BCUT2D eigenvalue weighted by Gasteiger charge is 2.11. The number of aromatic nitrogens is 2. The zero-order valence-electron chi connectivity index (χ0n) is 18.6. The molecule has 0 radical (unpaired) electrons. The highest BCUT2D eigenvalue weighted by atomic mass is 19.1. The molecule has 0 aliphatic rings. The van der Waals surface area contributed by atoms with Crippen molar-refractivity contribution < 1.29 is 13.9 Å². The SMILES string of the molecule is C[C@@H](CNC(=O)c1ccc(-n2nc(OCc3cccc(F)c3)ccc2=O)cc1)c1ccccc1. The Morgan fingerprint density at radius 3 is 2.50 bits per heavy atom. The lowest BCUT2D eigenvalue weighted by Gasteiger charge is -2.13. The lowest BCUT2D eigenvalue weighted by Crippen LogP contribution is -2.27. The van der Waals surface area contributed by atoms with E-state index in [0.717, 1.165) is 5.56 Å². The third kappa shape index (κ3) is 5.75. The zero-order valence-corrected chi connectivity index (χ0v) is 18.6. The van der Waals surface area contributed by atoms with Gasteiger partial charge in [-0.2, -0.15) is 4.68 Å². The lowest BCUT2D eigenvalue weighted by atomic mass is 10.0. The van der Waals surface area contributed by atoms with Crippen molar-refractivity contribution in [1.82, 2.24) is 15.1 Å². The summed E-state index contributed by atoms with van der Waals surface area (Å²) < 4.78 is 20.2. The van der Waals surface area contributed by atoms with E-state index in [2.05, 4.69) is 17.3 Å². The van der Waals surface area contributed by atoms with Gasteiger partial charge >= 0.3 is 0 Å². The Balaban J connectivity index is 1.41. The number of halogens is 1. The van der Waals surface area contributed by atoms with E-state index < -0.39 is 0 Å². The molecule has 1 amide bonds. The quantitative estimate of drug-likeness (QED) is 0.423. The van der Waals surface area contributed by atoms with Crippen molar-refractivity contribution in [2.45, 2.75) is 19.4 Å². The number of carbonyl (C=O) groups is 1. The maximum Gasteiger partial charge on any atom is 0.271 e. The second kappa shape index (κ2) is 10.6. The fourth-order valence-corrected chi connectivity index (χ4v) is 3.44. The number of nitrogens with one attached hydrogen (secondary N) is 1. The van der Waals surface area contributed by atoms with E-state index in [1.807, 2.05) is 30.3 Å². The molecule has 4 rings (SSSR count). The Labute approximate surface area is 196 Å². The normalized spacial score (nSPS) is 11.6. The molecule has 0 aliphatic heterocycles. The molecule has 6 nitrogen and oxygen atoms in total. The summed E-state index contributed by atoms with van der Waals surface area (Å²) in [6.07, 6.45) is 0. The van der Waals surface area contributed by atoms with Gasteiger partial charge in [0.1, 0.15) is 12.4 Å². The summed E-state index contributed by atoms with van der Waals surface area (Å²) in [7, 11) is 0. The average Bonchev–Trinajstić information content (AvgIpc) is 2.87. The summed E-state index contributed by atoms with van der Waals surface area (Å²) in [5.41, 5.74) is 2.44. The van der Waals surface area contributed by atoms with Gasteiger partial charge in [0.25, 0.3) is 11.5 Å². The van der Waals surface area contributed by atoms with Gasteiger partial charge in [-0.1, -0.05) is 49.4 Å². The molecular formula is C27H24FN3O3. The standard InChI is InChI=1S/C27H24FN3O3/c1-19(21-7-3-2-4-8-21)17-29-27(33)22-10-12-24(13-11-22)31-26(32)15-14-25(30-31)34-18-20-6-5-9-23(28)16-20/h2-16,19H,17-18H2,1H3,(H,29,33)/t19-/m0/s1. The topological polar surface area (TPSA) is 73.2 Å². The Morgan fingerprint density at radius 1 is 1.00 bits per heavy atom. The molecular weight excluding hydrogens is 433 g/mol. The van der Waals surface area contributed by atoms with E-state index in [4.69, 9.17) is 4.74 Å². The Hall–Kier alpha value is -4.26. The van der Waals surface area contributed by atoms with E-state index in [9.17, 15) is 14.0 Å². The molecule has 0 saturated carbocycles. The van der Waals surface area contributed by atoms with E-state index in [0.29, 0.717) is 23.4 Å². The Bertz CT molecular complexity index is 1320. The van der Waals surface area contributed by atoms with Crippen molar-refractivity contribution >= 4 is 5.91 Å². The van der Waals surface area contributed by atoms with E-state index >= 15 is 0 Å². The van der Waals surface area contributed by atoms with Gasteiger partial charge in [-0.3, -0.25) is 9.59 Å². The number of rotatable bonds is 8. The first-order valence-electron chi connectivity index (χ1n) is 10.9. The molecule has 1 atom stereocenters. The Morgan fingerprint density at radius 2 is 1.76 bits per heavy atom. The third-order valence-corrected chi connectivity index (χ3v) is 5.36. The first-order valence-corrected chi connectivity index (χ1v) is 10.9. The monoisotopic (exact) mass is 457 g/mol. The van der Waals surface area contributed by atoms with Crippen LogP contribution in [0.4, 0.5) is 4.39 Å². The van der Waals surface area contributed by atoms with Crippen molar-refractivity contribution in [2.75, 3.05) is 6.54 Å². The molecule has 172 valence electrons. The molecule has 1 aromatic heterocycles. The van der Waals surface area contributed by atoms with Crippen LogP contribution in [-0.2, 0) is 6.61 Å². The van der Waals surface area contributed by atoms with Crippen molar-refractivity contribution in [3.05, 3.63) is 124 Å². The molecule has 34 heavy (non-hydrogen) atoms. The smallest absolute Gasteiger partial charge is 0.271 e. The van der Waals surface area contributed by atoms with Crippen molar-refractivity contribution in [3.63, 3.8) is 0 Å². The van der Waals surface area contributed by atoms with Gasteiger partial charge in [0, 0.05) is 24.2 Å². The van der Waals surface area contributed by atoms with Crippen LogP contribution in [0.5, 0.6) is 5.88 Å².